The van der Waals surface area contributed by atoms with Crippen molar-refractivity contribution in [2.45, 2.75) is 39.0 Å². The first-order chi connectivity index (χ1) is 12.8. The van der Waals surface area contributed by atoms with Crippen LogP contribution in [-0.2, 0) is 6.42 Å². The Balaban J connectivity index is 2.00. The van der Waals surface area contributed by atoms with E-state index < -0.39 is 0 Å². The van der Waals surface area contributed by atoms with Gasteiger partial charge in [0.05, 0.1) is 0 Å². The van der Waals surface area contributed by atoms with Crippen LogP contribution in [-0.4, -0.2) is 5.11 Å². The Morgan fingerprint density at radius 3 is 2.15 bits per heavy atom. The molecular formula is C24H26O2. The van der Waals surface area contributed by atoms with Crippen LogP contribution < -0.4 is 4.74 Å². The minimum atomic E-state index is 0.171. The fourth-order valence-electron chi connectivity index (χ4n) is 3.19. The monoisotopic (exact) mass is 346 g/mol. The van der Waals surface area contributed by atoms with Crippen molar-refractivity contribution in [2.75, 3.05) is 0 Å². The number of hydrogen-bond acceptors (Lipinski definition) is 2. The van der Waals surface area contributed by atoms with E-state index in [0.717, 1.165) is 29.7 Å². The summed E-state index contributed by atoms with van der Waals surface area (Å²) < 4.78 is 6.11. The third-order valence-electron chi connectivity index (χ3n) is 4.55. The maximum atomic E-state index is 10.5. The molecule has 0 aliphatic rings. The number of hydrogen-bond donors (Lipinski definition) is 1. The normalized spacial score (nSPS) is 10.7. The van der Waals surface area contributed by atoms with Gasteiger partial charge in [-0.05, 0) is 42.2 Å². The lowest BCUT2D eigenvalue weighted by atomic mass is 9.94. The summed E-state index contributed by atoms with van der Waals surface area (Å²) in [7, 11) is 0. The third kappa shape index (κ3) is 4.45. The van der Waals surface area contributed by atoms with Gasteiger partial charge < -0.3 is 9.84 Å². The summed E-state index contributed by atoms with van der Waals surface area (Å²) in [6.45, 7) is 2.22. The van der Waals surface area contributed by atoms with E-state index in [2.05, 4.69) is 19.1 Å². The highest BCUT2D eigenvalue weighted by molar-refractivity contribution is 5.77. The fourth-order valence-corrected chi connectivity index (χ4v) is 3.19. The average Bonchev–Trinajstić information content (AvgIpc) is 2.69. The second-order valence-electron chi connectivity index (χ2n) is 6.54. The highest BCUT2D eigenvalue weighted by Gasteiger charge is 2.17. The SMILES string of the molecule is CCCCCCc1ccc(O)c(Oc2ccccc2)c1-c1ccccc1. The molecule has 2 nitrogen and oxygen atoms in total. The molecule has 0 saturated carbocycles. The predicted molar refractivity (Wildman–Crippen MR) is 108 cm³/mol. The Kier molecular flexibility index (Phi) is 6.32. The van der Waals surface area contributed by atoms with E-state index in [9.17, 15) is 5.11 Å². The quantitative estimate of drug-likeness (QED) is 0.446. The van der Waals surface area contributed by atoms with Crippen molar-refractivity contribution in [3.8, 4) is 28.4 Å². The van der Waals surface area contributed by atoms with Gasteiger partial charge in [0.25, 0.3) is 0 Å². The van der Waals surface area contributed by atoms with Crippen LogP contribution in [0.1, 0.15) is 38.2 Å². The van der Waals surface area contributed by atoms with Crippen molar-refractivity contribution in [3.05, 3.63) is 78.4 Å². The van der Waals surface area contributed by atoms with Crippen molar-refractivity contribution in [1.82, 2.24) is 0 Å². The van der Waals surface area contributed by atoms with Gasteiger partial charge in [-0.1, -0.05) is 80.8 Å². The van der Waals surface area contributed by atoms with Crippen LogP contribution >= 0.6 is 0 Å². The van der Waals surface area contributed by atoms with Crippen molar-refractivity contribution in [3.63, 3.8) is 0 Å². The lowest BCUT2D eigenvalue weighted by molar-refractivity contribution is 0.412. The van der Waals surface area contributed by atoms with Gasteiger partial charge in [0.2, 0.25) is 0 Å². The molecule has 0 bridgehead atoms. The topological polar surface area (TPSA) is 29.5 Å². The minimum Gasteiger partial charge on any atom is -0.504 e. The summed E-state index contributed by atoms with van der Waals surface area (Å²) in [6.07, 6.45) is 5.83. The van der Waals surface area contributed by atoms with Gasteiger partial charge in [0.15, 0.2) is 11.5 Å². The Labute approximate surface area is 156 Å². The standard InChI is InChI=1S/C24H26O2/c1-2-3-4-7-14-20-17-18-22(25)24(26-21-15-10-6-11-16-21)23(20)19-12-8-5-9-13-19/h5-6,8-13,15-18,25H,2-4,7,14H2,1H3. The molecule has 0 aliphatic carbocycles. The molecular weight excluding hydrogens is 320 g/mol. The van der Waals surface area contributed by atoms with Gasteiger partial charge >= 0.3 is 0 Å². The largest absolute Gasteiger partial charge is 0.504 e. The first-order valence-electron chi connectivity index (χ1n) is 9.42. The molecule has 0 aromatic heterocycles. The summed E-state index contributed by atoms with van der Waals surface area (Å²) >= 11 is 0. The molecule has 0 aliphatic heterocycles. The molecule has 3 aromatic rings. The van der Waals surface area contributed by atoms with Crippen LogP contribution in [0.25, 0.3) is 11.1 Å². The number of benzene rings is 3. The molecule has 0 saturated heterocycles. The van der Waals surface area contributed by atoms with Gasteiger partial charge in [0, 0.05) is 5.56 Å². The number of unbranched alkanes of at least 4 members (excludes halogenated alkanes) is 3. The highest BCUT2D eigenvalue weighted by atomic mass is 16.5. The molecule has 0 spiro atoms. The zero-order valence-corrected chi connectivity index (χ0v) is 15.3. The van der Waals surface area contributed by atoms with Crippen LogP contribution in [0.5, 0.6) is 17.2 Å². The van der Waals surface area contributed by atoms with E-state index in [1.165, 1.54) is 24.8 Å². The molecule has 0 radical (unpaired) electrons. The van der Waals surface area contributed by atoms with Gasteiger partial charge in [-0.2, -0.15) is 0 Å². The molecule has 2 heteroatoms. The zero-order valence-electron chi connectivity index (χ0n) is 15.3. The second kappa shape index (κ2) is 9.10. The minimum absolute atomic E-state index is 0.171. The number of para-hydroxylation sites is 1. The molecule has 0 heterocycles. The summed E-state index contributed by atoms with van der Waals surface area (Å²) in [4.78, 5) is 0. The van der Waals surface area contributed by atoms with E-state index in [1.54, 1.807) is 6.07 Å². The summed E-state index contributed by atoms with van der Waals surface area (Å²) in [5.41, 5.74) is 3.28. The summed E-state index contributed by atoms with van der Waals surface area (Å²) in [6, 6.07) is 23.6. The van der Waals surface area contributed by atoms with Crippen LogP contribution in [0.15, 0.2) is 72.8 Å². The van der Waals surface area contributed by atoms with Crippen LogP contribution in [0.2, 0.25) is 0 Å². The van der Waals surface area contributed by atoms with E-state index in [4.69, 9.17) is 4.74 Å². The number of rotatable bonds is 8. The molecule has 0 atom stereocenters. The smallest absolute Gasteiger partial charge is 0.177 e. The third-order valence-corrected chi connectivity index (χ3v) is 4.55. The summed E-state index contributed by atoms with van der Waals surface area (Å²) in [5.74, 6) is 1.43. The summed E-state index contributed by atoms with van der Waals surface area (Å²) in [5, 5.41) is 10.5. The Morgan fingerprint density at radius 2 is 1.46 bits per heavy atom. The van der Waals surface area contributed by atoms with Crippen molar-refractivity contribution >= 4 is 0 Å². The zero-order chi connectivity index (χ0) is 18.2. The fraction of sp³-hybridized carbons (Fsp3) is 0.250. The van der Waals surface area contributed by atoms with Crippen LogP contribution in [0.4, 0.5) is 0 Å². The van der Waals surface area contributed by atoms with Gasteiger partial charge in [-0.25, -0.2) is 0 Å². The van der Waals surface area contributed by atoms with Crippen LogP contribution in [0, 0.1) is 0 Å². The van der Waals surface area contributed by atoms with Crippen molar-refractivity contribution < 1.29 is 9.84 Å². The lowest BCUT2D eigenvalue weighted by Crippen LogP contribution is -1.96. The van der Waals surface area contributed by atoms with E-state index in [0.29, 0.717) is 5.75 Å². The molecule has 0 unspecified atom stereocenters. The maximum Gasteiger partial charge on any atom is 0.177 e. The first kappa shape index (κ1) is 18.1. The number of phenolic OH excluding ortho intramolecular Hbond substituents is 1. The predicted octanol–water partition coefficient (Wildman–Crippen LogP) is 6.97. The van der Waals surface area contributed by atoms with Crippen molar-refractivity contribution in [2.24, 2.45) is 0 Å². The number of aryl methyl sites for hydroxylation is 1. The van der Waals surface area contributed by atoms with Crippen molar-refractivity contribution in [1.29, 1.82) is 0 Å². The Morgan fingerprint density at radius 1 is 0.769 bits per heavy atom. The van der Waals surface area contributed by atoms with E-state index >= 15 is 0 Å². The molecule has 0 amide bonds. The van der Waals surface area contributed by atoms with Gasteiger partial charge in [-0.15, -0.1) is 0 Å². The molecule has 1 N–H and O–H groups in total. The lowest BCUT2D eigenvalue weighted by Gasteiger charge is -2.17. The number of ether oxygens (including phenoxy) is 1. The van der Waals surface area contributed by atoms with E-state index in [-0.39, 0.29) is 5.75 Å². The number of phenols is 1. The van der Waals surface area contributed by atoms with E-state index in [1.807, 2.05) is 54.6 Å². The molecule has 3 rings (SSSR count). The molecule has 134 valence electrons. The van der Waals surface area contributed by atoms with Crippen LogP contribution in [0.3, 0.4) is 0 Å². The Bertz CT molecular complexity index is 810. The first-order valence-corrected chi connectivity index (χ1v) is 9.42. The Hall–Kier alpha value is -2.74. The highest BCUT2D eigenvalue weighted by Crippen LogP contribution is 2.43. The second-order valence-corrected chi connectivity index (χ2v) is 6.54. The number of aromatic hydroxyl groups is 1. The maximum absolute atomic E-state index is 10.5. The average molecular weight is 346 g/mol. The molecule has 0 fully saturated rings. The van der Waals surface area contributed by atoms with Gasteiger partial charge in [0.1, 0.15) is 5.75 Å². The van der Waals surface area contributed by atoms with Gasteiger partial charge in [-0.3, -0.25) is 0 Å². The molecule has 3 aromatic carbocycles. The molecule has 26 heavy (non-hydrogen) atoms.